The molecule has 1 aliphatic rings. The lowest BCUT2D eigenvalue weighted by molar-refractivity contribution is -0.266. The molecule has 1 aromatic carbocycles. The Hall–Kier alpha value is -1.82. The summed E-state index contributed by atoms with van der Waals surface area (Å²) in [6.45, 7) is 0. The lowest BCUT2D eigenvalue weighted by Gasteiger charge is -2.32. The van der Waals surface area contributed by atoms with Crippen molar-refractivity contribution in [1.29, 1.82) is 0 Å². The molecule has 1 aromatic rings. The second kappa shape index (κ2) is 6.12. The Morgan fingerprint density at radius 2 is 1.82 bits per heavy atom. The van der Waals surface area contributed by atoms with Gasteiger partial charge in [-0.3, -0.25) is 4.79 Å². The van der Waals surface area contributed by atoms with Crippen LogP contribution in [0.5, 0.6) is 5.75 Å². The van der Waals surface area contributed by atoms with E-state index in [1.165, 1.54) is 37.5 Å². The summed E-state index contributed by atoms with van der Waals surface area (Å²) in [5.74, 6) is 0.209. The first-order chi connectivity index (χ1) is 10.3. The minimum atomic E-state index is -4.84. The summed E-state index contributed by atoms with van der Waals surface area (Å²) in [6, 6.07) is 5.12. The number of halogens is 3. The molecule has 0 aromatic heterocycles. The Kier molecular flexibility index (Phi) is 4.60. The number of allylic oxidation sites excluding steroid dienone is 1. The first kappa shape index (κ1) is 16.5. The third-order valence-electron chi connectivity index (χ3n) is 3.81. The Labute approximate surface area is 126 Å². The van der Waals surface area contributed by atoms with Crippen LogP contribution in [0.4, 0.5) is 13.2 Å². The topological polar surface area (TPSA) is 46.5 Å². The quantitative estimate of drug-likeness (QED) is 0.925. The van der Waals surface area contributed by atoms with Crippen molar-refractivity contribution in [2.75, 3.05) is 7.11 Å². The number of ether oxygens (including phenoxy) is 1. The normalized spacial score (nSPS) is 18.6. The third kappa shape index (κ3) is 3.32. The van der Waals surface area contributed by atoms with E-state index >= 15 is 0 Å². The molecule has 0 unspecified atom stereocenters. The van der Waals surface area contributed by atoms with Gasteiger partial charge < -0.3 is 9.84 Å². The number of methoxy groups -OCH3 is 1. The van der Waals surface area contributed by atoms with E-state index in [0.29, 0.717) is 30.6 Å². The summed E-state index contributed by atoms with van der Waals surface area (Å²) in [5.41, 5.74) is -2.95. The van der Waals surface area contributed by atoms with Gasteiger partial charge in [0, 0.05) is 12.8 Å². The molecule has 22 heavy (non-hydrogen) atoms. The number of hydrogen-bond acceptors (Lipinski definition) is 3. The van der Waals surface area contributed by atoms with Crippen molar-refractivity contribution < 1.29 is 27.8 Å². The van der Waals surface area contributed by atoms with Gasteiger partial charge in [-0.1, -0.05) is 17.7 Å². The molecule has 0 radical (unpaired) electrons. The van der Waals surface area contributed by atoms with Gasteiger partial charge in [0.1, 0.15) is 5.75 Å². The smallest absolute Gasteiger partial charge is 0.421 e. The lowest BCUT2D eigenvalue weighted by atomic mass is 9.83. The van der Waals surface area contributed by atoms with Gasteiger partial charge in [0.25, 0.3) is 0 Å². The summed E-state index contributed by atoms with van der Waals surface area (Å²) in [4.78, 5) is 11.4. The van der Waals surface area contributed by atoms with Crippen molar-refractivity contribution in [3.8, 4) is 5.75 Å². The number of carbonyl (C=O) groups excluding carboxylic acids is 1. The van der Waals surface area contributed by atoms with Crippen LogP contribution in [0.3, 0.4) is 0 Å². The predicted octanol–water partition coefficient (Wildman–Crippen LogP) is 3.51. The lowest BCUT2D eigenvalue weighted by Crippen LogP contribution is -2.42. The number of aliphatic hydroxyl groups is 1. The largest absolute Gasteiger partial charge is 0.497 e. The maximum absolute atomic E-state index is 13.4. The molecule has 0 amide bonds. The zero-order valence-corrected chi connectivity index (χ0v) is 12.1. The van der Waals surface area contributed by atoms with Crippen molar-refractivity contribution in [2.24, 2.45) is 0 Å². The molecular weight excluding hydrogens is 297 g/mol. The highest BCUT2D eigenvalue weighted by Gasteiger charge is 2.55. The maximum Gasteiger partial charge on any atom is 0.421 e. The van der Waals surface area contributed by atoms with Gasteiger partial charge in [0.2, 0.25) is 0 Å². The molecule has 0 heterocycles. The van der Waals surface area contributed by atoms with E-state index < -0.39 is 18.2 Å². The van der Waals surface area contributed by atoms with Crippen LogP contribution in [0.15, 0.2) is 35.9 Å². The summed E-state index contributed by atoms with van der Waals surface area (Å²) in [6.07, 6.45) is -3.00. The summed E-state index contributed by atoms with van der Waals surface area (Å²) in [7, 11) is 1.41. The number of alkyl halides is 3. The zero-order valence-electron chi connectivity index (χ0n) is 12.1. The summed E-state index contributed by atoms with van der Waals surface area (Å²) < 4.78 is 45.2. The fraction of sp³-hybridized carbons (Fsp3) is 0.438. The van der Waals surface area contributed by atoms with E-state index in [-0.39, 0.29) is 11.3 Å². The van der Waals surface area contributed by atoms with Gasteiger partial charge in [-0.25, -0.2) is 0 Å². The molecule has 120 valence electrons. The van der Waals surface area contributed by atoms with Gasteiger partial charge >= 0.3 is 6.18 Å². The molecule has 3 nitrogen and oxygen atoms in total. The molecule has 0 bridgehead atoms. The van der Waals surface area contributed by atoms with Crippen molar-refractivity contribution in [1.82, 2.24) is 0 Å². The SMILES string of the molecule is COc1ccc([C@@](O)(CC2=CC(=O)CCC2)C(F)(F)F)cc1. The average molecular weight is 314 g/mol. The maximum atomic E-state index is 13.4. The number of benzene rings is 1. The van der Waals surface area contributed by atoms with Gasteiger partial charge in [-0.2, -0.15) is 13.2 Å². The molecule has 0 aliphatic heterocycles. The first-order valence-corrected chi connectivity index (χ1v) is 6.92. The second-order valence-corrected chi connectivity index (χ2v) is 5.39. The van der Waals surface area contributed by atoms with E-state index in [9.17, 15) is 23.1 Å². The number of hydrogen-bond donors (Lipinski definition) is 1. The van der Waals surface area contributed by atoms with Crippen LogP contribution in [0, 0.1) is 0 Å². The number of carbonyl (C=O) groups is 1. The van der Waals surface area contributed by atoms with E-state index in [0.717, 1.165) is 0 Å². The van der Waals surface area contributed by atoms with Crippen LogP contribution < -0.4 is 4.74 Å². The molecule has 1 atom stereocenters. The van der Waals surface area contributed by atoms with Crippen molar-refractivity contribution in [3.05, 3.63) is 41.5 Å². The minimum Gasteiger partial charge on any atom is -0.497 e. The highest BCUT2D eigenvalue weighted by atomic mass is 19.4. The predicted molar refractivity (Wildman–Crippen MR) is 74.5 cm³/mol. The van der Waals surface area contributed by atoms with Crippen molar-refractivity contribution in [3.63, 3.8) is 0 Å². The zero-order chi connectivity index (χ0) is 16.4. The van der Waals surface area contributed by atoms with E-state index in [2.05, 4.69) is 0 Å². The van der Waals surface area contributed by atoms with E-state index in [1.807, 2.05) is 0 Å². The minimum absolute atomic E-state index is 0.194. The monoisotopic (exact) mass is 314 g/mol. The fourth-order valence-corrected chi connectivity index (χ4v) is 2.56. The second-order valence-electron chi connectivity index (χ2n) is 5.39. The molecule has 0 fully saturated rings. The Bertz CT molecular complexity index is 575. The number of rotatable bonds is 4. The van der Waals surface area contributed by atoms with Crippen molar-refractivity contribution >= 4 is 5.78 Å². The van der Waals surface area contributed by atoms with E-state index in [1.54, 1.807) is 0 Å². The van der Waals surface area contributed by atoms with E-state index in [4.69, 9.17) is 4.74 Å². The van der Waals surface area contributed by atoms with Crippen LogP contribution in [0.2, 0.25) is 0 Å². The molecule has 0 saturated carbocycles. The number of ketones is 1. The average Bonchev–Trinajstić information content (AvgIpc) is 2.46. The molecular formula is C16H17F3O3. The third-order valence-corrected chi connectivity index (χ3v) is 3.81. The van der Waals surface area contributed by atoms with Crippen LogP contribution in [-0.4, -0.2) is 24.2 Å². The Balaban J connectivity index is 2.37. The Morgan fingerprint density at radius 1 is 1.18 bits per heavy atom. The molecule has 1 N–H and O–H groups in total. The molecule has 2 rings (SSSR count). The van der Waals surface area contributed by atoms with Gasteiger partial charge in [-0.05, 0) is 36.6 Å². The van der Waals surface area contributed by atoms with Crippen LogP contribution in [0.25, 0.3) is 0 Å². The van der Waals surface area contributed by atoms with Crippen LogP contribution >= 0.6 is 0 Å². The Morgan fingerprint density at radius 3 is 2.32 bits per heavy atom. The molecule has 1 aliphatic carbocycles. The molecule has 6 heteroatoms. The van der Waals surface area contributed by atoms with Crippen molar-refractivity contribution in [2.45, 2.75) is 37.5 Å². The van der Waals surface area contributed by atoms with Gasteiger partial charge in [0.05, 0.1) is 7.11 Å². The summed E-state index contributed by atoms with van der Waals surface area (Å²) >= 11 is 0. The summed E-state index contributed by atoms with van der Waals surface area (Å²) in [5, 5.41) is 10.3. The molecule has 0 saturated heterocycles. The highest BCUT2D eigenvalue weighted by Crippen LogP contribution is 2.44. The van der Waals surface area contributed by atoms with Gasteiger partial charge in [-0.15, -0.1) is 0 Å². The van der Waals surface area contributed by atoms with Crippen LogP contribution in [0.1, 0.15) is 31.2 Å². The first-order valence-electron chi connectivity index (χ1n) is 6.92. The molecule has 0 spiro atoms. The van der Waals surface area contributed by atoms with Gasteiger partial charge in [0.15, 0.2) is 11.4 Å². The fourth-order valence-electron chi connectivity index (χ4n) is 2.56. The van der Waals surface area contributed by atoms with Crippen LogP contribution in [-0.2, 0) is 10.4 Å². The highest BCUT2D eigenvalue weighted by molar-refractivity contribution is 5.91. The standard InChI is InChI=1S/C16H17F3O3/c1-22-14-7-5-12(6-8-14)15(21,16(17,18)19)10-11-3-2-4-13(20)9-11/h5-9,21H,2-4,10H2,1H3/t15-/m0/s1.